The van der Waals surface area contributed by atoms with Gasteiger partial charge in [-0.1, -0.05) is 26.0 Å². The number of carboxylic acids is 1. The Kier molecular flexibility index (Phi) is 11.3. The molecule has 1 aliphatic carbocycles. The Morgan fingerprint density at radius 1 is 1.05 bits per heavy atom. The van der Waals surface area contributed by atoms with Crippen LogP contribution in [0.3, 0.4) is 0 Å². The maximum atomic E-state index is 13.5. The lowest BCUT2D eigenvalue weighted by Gasteiger charge is -2.36. The third-order valence-electron chi connectivity index (χ3n) is 7.43. The molecule has 2 aliphatic heterocycles. The van der Waals surface area contributed by atoms with Gasteiger partial charge in [0.2, 0.25) is 0 Å². The molecule has 2 heterocycles. The van der Waals surface area contributed by atoms with Gasteiger partial charge >= 0.3 is 18.2 Å². The molecule has 43 heavy (non-hydrogen) atoms. The van der Waals surface area contributed by atoms with Crippen molar-refractivity contribution >= 4 is 12.1 Å². The fourth-order valence-electron chi connectivity index (χ4n) is 5.19. The molecule has 1 atom stereocenters. The minimum absolute atomic E-state index is 0.222. The van der Waals surface area contributed by atoms with Gasteiger partial charge in [-0.15, -0.1) is 0 Å². The quantitative estimate of drug-likeness (QED) is 0.404. The first-order chi connectivity index (χ1) is 20.1. The van der Waals surface area contributed by atoms with E-state index in [0.717, 1.165) is 36.3 Å². The van der Waals surface area contributed by atoms with Crippen molar-refractivity contribution in [1.29, 1.82) is 0 Å². The Bertz CT molecular complexity index is 1270. The van der Waals surface area contributed by atoms with Crippen LogP contribution in [0.2, 0.25) is 0 Å². The number of benzene rings is 2. The van der Waals surface area contributed by atoms with Gasteiger partial charge in [0, 0.05) is 56.7 Å². The topological polar surface area (TPSA) is 99.5 Å². The Morgan fingerprint density at radius 3 is 2.28 bits per heavy atom. The molecule has 1 amide bonds. The summed E-state index contributed by atoms with van der Waals surface area (Å²) >= 11 is 0. The second-order valence-electron chi connectivity index (χ2n) is 12.0. The molecule has 3 aliphatic rings. The first-order valence-electron chi connectivity index (χ1n) is 14.7. The predicted octanol–water partition coefficient (Wildman–Crippen LogP) is 6.62. The van der Waals surface area contributed by atoms with E-state index < -0.39 is 23.3 Å². The highest BCUT2D eigenvalue weighted by Gasteiger charge is 2.36. The summed E-state index contributed by atoms with van der Waals surface area (Å²) in [6.07, 6.45) is -2.00. The number of hydrogen-bond donors (Lipinski definition) is 2. The number of phenolic OH excluding ortho intramolecular Hbond substituents is 1. The van der Waals surface area contributed by atoms with E-state index in [4.69, 9.17) is 19.7 Å². The van der Waals surface area contributed by atoms with Crippen LogP contribution >= 0.6 is 0 Å². The van der Waals surface area contributed by atoms with Crippen molar-refractivity contribution in [3.8, 4) is 11.5 Å². The lowest BCUT2D eigenvalue weighted by atomic mass is 9.96. The van der Waals surface area contributed by atoms with Crippen LogP contribution in [0.1, 0.15) is 81.2 Å². The van der Waals surface area contributed by atoms with E-state index in [1.54, 1.807) is 30.0 Å². The maximum Gasteiger partial charge on any atom is 0.416 e. The summed E-state index contributed by atoms with van der Waals surface area (Å²) in [5, 5.41) is 16.8. The molecule has 0 bridgehead atoms. The van der Waals surface area contributed by atoms with Crippen molar-refractivity contribution in [2.24, 2.45) is 0 Å². The van der Waals surface area contributed by atoms with E-state index in [1.165, 1.54) is 11.6 Å². The number of aryl methyl sites for hydroxylation is 1. The Hall–Kier alpha value is -3.47. The monoisotopic (exact) mass is 608 g/mol. The van der Waals surface area contributed by atoms with E-state index in [-0.39, 0.29) is 24.8 Å². The minimum atomic E-state index is -4.34. The minimum Gasteiger partial charge on any atom is -0.508 e. The Labute approximate surface area is 251 Å². The SMILES string of the molecule is CC(C)(C)OC(=O)N1CCN(Cc2c(C(F)(F)F)ccc3c2CCC3)CC1.CC1COc2cc(O)ccc21.CCC(=O)O. The number of hydrogen-bond acceptors (Lipinski definition) is 6. The van der Waals surface area contributed by atoms with Crippen LogP contribution in [0.15, 0.2) is 30.3 Å². The summed E-state index contributed by atoms with van der Waals surface area (Å²) in [7, 11) is 0. The molecule has 0 aromatic heterocycles. The molecule has 1 unspecified atom stereocenters. The average molecular weight is 609 g/mol. The largest absolute Gasteiger partial charge is 0.508 e. The van der Waals surface area contributed by atoms with Gasteiger partial charge in [-0.3, -0.25) is 9.69 Å². The smallest absolute Gasteiger partial charge is 0.416 e. The predicted molar refractivity (Wildman–Crippen MR) is 156 cm³/mol. The van der Waals surface area contributed by atoms with Gasteiger partial charge < -0.3 is 24.6 Å². The molecule has 8 nitrogen and oxygen atoms in total. The van der Waals surface area contributed by atoms with Crippen molar-refractivity contribution < 1.29 is 42.4 Å². The number of aliphatic carboxylic acids is 1. The van der Waals surface area contributed by atoms with Crippen LogP contribution in [-0.2, 0) is 35.1 Å². The van der Waals surface area contributed by atoms with E-state index >= 15 is 0 Å². The third-order valence-corrected chi connectivity index (χ3v) is 7.43. The van der Waals surface area contributed by atoms with Gasteiger partial charge in [0.15, 0.2) is 0 Å². The highest BCUT2D eigenvalue weighted by atomic mass is 19.4. The molecule has 2 aromatic rings. The molecule has 1 saturated heterocycles. The molecule has 5 rings (SSSR count). The van der Waals surface area contributed by atoms with E-state index in [1.807, 2.05) is 31.7 Å². The molecule has 1 fully saturated rings. The molecule has 2 aromatic carbocycles. The van der Waals surface area contributed by atoms with Gasteiger partial charge in [-0.2, -0.15) is 13.2 Å². The lowest BCUT2D eigenvalue weighted by Crippen LogP contribution is -2.49. The highest BCUT2D eigenvalue weighted by molar-refractivity contribution is 5.68. The fourth-order valence-corrected chi connectivity index (χ4v) is 5.19. The molecule has 238 valence electrons. The number of carbonyl (C=O) groups is 2. The van der Waals surface area contributed by atoms with Gasteiger partial charge in [-0.05, 0) is 68.9 Å². The highest BCUT2D eigenvalue weighted by Crippen LogP contribution is 2.38. The number of carbonyl (C=O) groups excluding carboxylic acids is 1. The summed E-state index contributed by atoms with van der Waals surface area (Å²) in [5.74, 6) is 0.825. The molecule has 2 N–H and O–H groups in total. The number of halogens is 3. The zero-order valence-corrected chi connectivity index (χ0v) is 25.6. The van der Waals surface area contributed by atoms with Crippen LogP contribution in [0, 0.1) is 0 Å². The standard InChI is InChI=1S/C20H27F3N2O2.C9H10O2.C3H6O2/c1-19(2,3)27-18(26)25-11-9-24(10-12-25)13-16-15-6-4-5-14(15)7-8-17(16)20(21,22)23;1-6-5-11-9-4-7(10)2-3-8(6)9;1-2-3(4)5/h7-8H,4-6,9-13H2,1-3H3;2-4,6,10H,5H2,1H3;2H2,1H3,(H,4,5). The van der Waals surface area contributed by atoms with Crippen LogP contribution in [-0.4, -0.2) is 70.5 Å². The van der Waals surface area contributed by atoms with Gasteiger partial charge in [0.25, 0.3) is 0 Å². The number of aromatic hydroxyl groups is 1. The average Bonchev–Trinajstić information content (AvgIpc) is 3.55. The van der Waals surface area contributed by atoms with Gasteiger partial charge in [-0.25, -0.2) is 4.79 Å². The second-order valence-corrected chi connectivity index (χ2v) is 12.0. The summed E-state index contributed by atoms with van der Waals surface area (Å²) < 4.78 is 51.2. The lowest BCUT2D eigenvalue weighted by molar-refractivity contribution is -0.138. The molecular formula is C32H43F3N2O6. The molecule has 0 saturated carbocycles. The van der Waals surface area contributed by atoms with E-state index in [9.17, 15) is 22.8 Å². The first-order valence-corrected chi connectivity index (χ1v) is 14.7. The zero-order chi connectivity index (χ0) is 31.9. The van der Waals surface area contributed by atoms with Crippen LogP contribution in [0.5, 0.6) is 11.5 Å². The van der Waals surface area contributed by atoms with E-state index in [0.29, 0.717) is 44.1 Å². The normalized spacial score (nSPS) is 17.9. The van der Waals surface area contributed by atoms with Crippen molar-refractivity contribution in [3.05, 3.63) is 58.1 Å². The summed E-state index contributed by atoms with van der Waals surface area (Å²) in [6, 6.07) is 8.15. The van der Waals surface area contributed by atoms with E-state index in [2.05, 4.69) is 6.92 Å². The number of carboxylic acid groups (broad SMARTS) is 1. The maximum absolute atomic E-state index is 13.5. The van der Waals surface area contributed by atoms with Gasteiger partial charge in [0.1, 0.15) is 17.1 Å². The number of alkyl halides is 3. The van der Waals surface area contributed by atoms with Crippen molar-refractivity contribution in [2.45, 2.75) is 84.5 Å². The van der Waals surface area contributed by atoms with Crippen LogP contribution < -0.4 is 4.74 Å². The number of rotatable bonds is 3. The summed E-state index contributed by atoms with van der Waals surface area (Å²) in [4.78, 5) is 25.2. The second kappa shape index (κ2) is 14.3. The number of amides is 1. The van der Waals surface area contributed by atoms with Crippen LogP contribution in [0.25, 0.3) is 0 Å². The first kappa shape index (κ1) is 34.0. The fraction of sp³-hybridized carbons (Fsp3) is 0.562. The number of nitrogens with zero attached hydrogens (tertiary/aromatic N) is 2. The Morgan fingerprint density at radius 2 is 1.70 bits per heavy atom. The molecule has 0 radical (unpaired) electrons. The molecule has 11 heteroatoms. The van der Waals surface area contributed by atoms with Crippen molar-refractivity contribution in [3.63, 3.8) is 0 Å². The molecule has 0 spiro atoms. The number of fused-ring (bicyclic) bond motifs is 2. The van der Waals surface area contributed by atoms with Crippen LogP contribution in [0.4, 0.5) is 18.0 Å². The van der Waals surface area contributed by atoms with Crippen molar-refractivity contribution in [1.82, 2.24) is 9.80 Å². The third kappa shape index (κ3) is 9.77. The molecular weight excluding hydrogens is 565 g/mol. The summed E-state index contributed by atoms with van der Waals surface area (Å²) in [5.41, 5.74) is 2.47. The summed E-state index contributed by atoms with van der Waals surface area (Å²) in [6.45, 7) is 12.2. The van der Waals surface area contributed by atoms with Gasteiger partial charge in [0.05, 0.1) is 12.2 Å². The number of ether oxygens (including phenoxy) is 2. The van der Waals surface area contributed by atoms with Crippen molar-refractivity contribution in [2.75, 3.05) is 32.8 Å². The Balaban J connectivity index is 0.000000258. The number of piperazine rings is 1. The zero-order valence-electron chi connectivity index (χ0n) is 25.6. The number of phenols is 1.